The Bertz CT molecular complexity index is 741. The predicted octanol–water partition coefficient (Wildman–Crippen LogP) is 0.857. The Balaban J connectivity index is 1.93. The highest BCUT2D eigenvalue weighted by Gasteiger charge is 2.14. The SMILES string of the molecule is Nc1c(-c2noc(=O)[nH]2)ncn1Cc1ccccc1. The fourth-order valence-electron chi connectivity index (χ4n) is 1.81. The molecule has 19 heavy (non-hydrogen) atoms. The van der Waals surface area contributed by atoms with Crippen LogP contribution in [0.3, 0.4) is 0 Å². The van der Waals surface area contributed by atoms with Gasteiger partial charge in [0.2, 0.25) is 5.82 Å². The molecule has 3 aromatic rings. The lowest BCUT2D eigenvalue weighted by molar-refractivity contribution is 0.388. The van der Waals surface area contributed by atoms with Crippen LogP contribution in [0.2, 0.25) is 0 Å². The first-order valence-electron chi connectivity index (χ1n) is 5.65. The summed E-state index contributed by atoms with van der Waals surface area (Å²) in [6, 6.07) is 9.86. The Kier molecular flexibility index (Phi) is 2.64. The number of aromatic amines is 1. The second-order valence-corrected chi connectivity index (χ2v) is 4.04. The first-order valence-corrected chi connectivity index (χ1v) is 5.65. The fourth-order valence-corrected chi connectivity index (χ4v) is 1.81. The maximum absolute atomic E-state index is 10.9. The number of hydrogen-bond donors (Lipinski definition) is 2. The van der Waals surface area contributed by atoms with E-state index in [9.17, 15) is 4.79 Å². The summed E-state index contributed by atoms with van der Waals surface area (Å²) < 4.78 is 6.21. The normalized spacial score (nSPS) is 10.7. The topological polar surface area (TPSA) is 103 Å². The molecule has 3 N–H and O–H groups in total. The number of nitrogen functional groups attached to an aromatic ring is 1. The van der Waals surface area contributed by atoms with Gasteiger partial charge in [0.15, 0.2) is 5.69 Å². The van der Waals surface area contributed by atoms with Crippen molar-refractivity contribution in [1.82, 2.24) is 19.7 Å². The van der Waals surface area contributed by atoms with Crippen LogP contribution in [0.15, 0.2) is 46.0 Å². The van der Waals surface area contributed by atoms with Crippen LogP contribution < -0.4 is 11.5 Å². The number of hydrogen-bond acceptors (Lipinski definition) is 5. The third-order valence-corrected chi connectivity index (χ3v) is 2.74. The number of imidazole rings is 1. The van der Waals surface area contributed by atoms with Gasteiger partial charge in [0.1, 0.15) is 5.82 Å². The van der Waals surface area contributed by atoms with Gasteiger partial charge in [0, 0.05) is 0 Å². The molecule has 7 heteroatoms. The van der Waals surface area contributed by atoms with Crippen LogP contribution in [-0.2, 0) is 6.54 Å². The lowest BCUT2D eigenvalue weighted by Gasteiger charge is -2.04. The van der Waals surface area contributed by atoms with Gasteiger partial charge in [-0.15, -0.1) is 0 Å². The summed E-state index contributed by atoms with van der Waals surface area (Å²) in [6.07, 6.45) is 1.60. The van der Waals surface area contributed by atoms with Gasteiger partial charge in [-0.3, -0.25) is 9.51 Å². The first-order chi connectivity index (χ1) is 9.24. The van der Waals surface area contributed by atoms with E-state index in [-0.39, 0.29) is 5.82 Å². The molecule has 0 saturated carbocycles. The van der Waals surface area contributed by atoms with Gasteiger partial charge in [-0.05, 0) is 5.56 Å². The average molecular weight is 257 g/mol. The molecule has 0 saturated heterocycles. The zero-order chi connectivity index (χ0) is 13.2. The number of rotatable bonds is 3. The van der Waals surface area contributed by atoms with Gasteiger partial charge in [-0.2, -0.15) is 0 Å². The Morgan fingerprint density at radius 3 is 2.79 bits per heavy atom. The van der Waals surface area contributed by atoms with Gasteiger partial charge in [0.05, 0.1) is 12.9 Å². The fraction of sp³-hybridized carbons (Fsp3) is 0.0833. The van der Waals surface area contributed by atoms with Crippen molar-refractivity contribution in [2.75, 3.05) is 5.73 Å². The van der Waals surface area contributed by atoms with Gasteiger partial charge in [0.25, 0.3) is 0 Å². The lowest BCUT2D eigenvalue weighted by Crippen LogP contribution is -2.04. The van der Waals surface area contributed by atoms with E-state index in [1.54, 1.807) is 10.9 Å². The van der Waals surface area contributed by atoms with Crippen molar-refractivity contribution in [3.05, 3.63) is 52.8 Å². The zero-order valence-corrected chi connectivity index (χ0v) is 9.91. The molecule has 0 aliphatic rings. The molecule has 0 aliphatic carbocycles. The molecule has 0 amide bonds. The summed E-state index contributed by atoms with van der Waals surface area (Å²) in [6.45, 7) is 0.599. The minimum atomic E-state index is -0.632. The monoisotopic (exact) mass is 257 g/mol. The average Bonchev–Trinajstić information content (AvgIpc) is 2.99. The molecule has 2 aromatic heterocycles. The van der Waals surface area contributed by atoms with E-state index in [0.29, 0.717) is 18.1 Å². The minimum Gasteiger partial charge on any atom is -0.383 e. The number of H-pyrrole nitrogens is 1. The molecule has 0 radical (unpaired) electrons. The molecule has 0 fully saturated rings. The summed E-state index contributed by atoms with van der Waals surface area (Å²) in [5.41, 5.74) is 7.50. The Labute approximate surface area is 107 Å². The van der Waals surface area contributed by atoms with Crippen molar-refractivity contribution in [3.8, 4) is 11.5 Å². The largest absolute Gasteiger partial charge is 0.439 e. The molecule has 1 aromatic carbocycles. The second kappa shape index (κ2) is 4.45. The van der Waals surface area contributed by atoms with E-state index in [4.69, 9.17) is 5.73 Å². The van der Waals surface area contributed by atoms with Crippen LogP contribution in [-0.4, -0.2) is 19.7 Å². The van der Waals surface area contributed by atoms with E-state index in [0.717, 1.165) is 5.56 Å². The van der Waals surface area contributed by atoms with Crippen LogP contribution in [0.5, 0.6) is 0 Å². The van der Waals surface area contributed by atoms with Crippen LogP contribution in [0.25, 0.3) is 11.5 Å². The quantitative estimate of drug-likeness (QED) is 0.724. The van der Waals surface area contributed by atoms with Crippen molar-refractivity contribution >= 4 is 5.82 Å². The van der Waals surface area contributed by atoms with Gasteiger partial charge < -0.3 is 10.3 Å². The minimum absolute atomic E-state index is 0.231. The van der Waals surface area contributed by atoms with Crippen LogP contribution in [0, 0.1) is 0 Å². The number of benzene rings is 1. The maximum atomic E-state index is 10.9. The molecule has 2 heterocycles. The Hall–Kier alpha value is -2.83. The van der Waals surface area contributed by atoms with Crippen molar-refractivity contribution in [2.45, 2.75) is 6.54 Å². The highest BCUT2D eigenvalue weighted by Crippen LogP contribution is 2.20. The van der Waals surface area contributed by atoms with E-state index in [1.165, 1.54) is 0 Å². The van der Waals surface area contributed by atoms with E-state index < -0.39 is 5.76 Å². The maximum Gasteiger partial charge on any atom is 0.439 e. The molecule has 3 rings (SSSR count). The molecule has 96 valence electrons. The Morgan fingerprint density at radius 1 is 1.32 bits per heavy atom. The molecular weight excluding hydrogens is 246 g/mol. The number of nitrogens with zero attached hydrogens (tertiary/aromatic N) is 3. The predicted molar refractivity (Wildman–Crippen MR) is 68.3 cm³/mol. The standard InChI is InChI=1S/C12H11N5O2/c13-10-9(11-15-12(18)19-16-11)14-7-17(10)6-8-4-2-1-3-5-8/h1-5,7H,6,13H2,(H,15,16,18). The second-order valence-electron chi connectivity index (χ2n) is 4.04. The van der Waals surface area contributed by atoms with E-state index >= 15 is 0 Å². The zero-order valence-electron chi connectivity index (χ0n) is 9.91. The van der Waals surface area contributed by atoms with Crippen molar-refractivity contribution in [3.63, 3.8) is 0 Å². The summed E-state index contributed by atoms with van der Waals surface area (Å²) in [7, 11) is 0. The third kappa shape index (κ3) is 2.13. The van der Waals surface area contributed by atoms with Gasteiger partial charge >= 0.3 is 5.76 Å². The van der Waals surface area contributed by atoms with Crippen molar-refractivity contribution < 1.29 is 4.52 Å². The molecule has 0 spiro atoms. The molecule has 7 nitrogen and oxygen atoms in total. The highest BCUT2D eigenvalue weighted by atomic mass is 16.5. The van der Waals surface area contributed by atoms with Crippen molar-refractivity contribution in [1.29, 1.82) is 0 Å². The Morgan fingerprint density at radius 2 is 2.11 bits per heavy atom. The summed E-state index contributed by atoms with van der Waals surface area (Å²) in [4.78, 5) is 17.5. The summed E-state index contributed by atoms with van der Waals surface area (Å²) in [5, 5.41) is 3.57. The third-order valence-electron chi connectivity index (χ3n) is 2.74. The molecule has 0 atom stereocenters. The molecule has 0 bridgehead atoms. The van der Waals surface area contributed by atoms with Gasteiger partial charge in [-0.25, -0.2) is 9.78 Å². The number of anilines is 1. The highest BCUT2D eigenvalue weighted by molar-refractivity contribution is 5.63. The van der Waals surface area contributed by atoms with Crippen LogP contribution in [0.1, 0.15) is 5.56 Å². The van der Waals surface area contributed by atoms with Crippen LogP contribution >= 0.6 is 0 Å². The smallest absolute Gasteiger partial charge is 0.383 e. The first kappa shape index (κ1) is 11.3. The lowest BCUT2D eigenvalue weighted by atomic mass is 10.2. The number of nitrogens with one attached hydrogen (secondary N) is 1. The van der Waals surface area contributed by atoms with Crippen LogP contribution in [0.4, 0.5) is 5.82 Å². The molecule has 0 aliphatic heterocycles. The molecular formula is C12H11N5O2. The van der Waals surface area contributed by atoms with E-state index in [2.05, 4.69) is 19.6 Å². The number of nitrogens with two attached hydrogens (primary N) is 1. The van der Waals surface area contributed by atoms with Crippen molar-refractivity contribution in [2.24, 2.45) is 0 Å². The summed E-state index contributed by atoms with van der Waals surface area (Å²) >= 11 is 0. The van der Waals surface area contributed by atoms with E-state index in [1.807, 2.05) is 30.3 Å². The summed E-state index contributed by atoms with van der Waals surface area (Å²) in [5.74, 6) is 0.0229. The number of aromatic nitrogens is 4. The molecule has 0 unspecified atom stereocenters. The van der Waals surface area contributed by atoms with Gasteiger partial charge in [-0.1, -0.05) is 35.5 Å².